The summed E-state index contributed by atoms with van der Waals surface area (Å²) in [6, 6.07) is 2.96. The van der Waals surface area contributed by atoms with E-state index >= 15 is 0 Å². The number of esters is 1. The van der Waals surface area contributed by atoms with E-state index in [0.717, 1.165) is 0 Å². The van der Waals surface area contributed by atoms with Crippen LogP contribution in [0.1, 0.15) is 38.8 Å². The Hall–Kier alpha value is -3.10. The summed E-state index contributed by atoms with van der Waals surface area (Å²) in [5.74, 6) is -0.462. The number of nitrogens with one attached hydrogen (secondary N) is 2. The summed E-state index contributed by atoms with van der Waals surface area (Å²) in [7, 11) is 0. The predicted molar refractivity (Wildman–Crippen MR) is 92.6 cm³/mol. The number of hydrogen-bond acceptors (Lipinski definition) is 6. The molecule has 26 heavy (non-hydrogen) atoms. The fraction of sp³-hybridized carbons (Fsp3) is 0.412. The minimum Gasteiger partial charge on any atom is -0.487 e. The number of carbonyl (C=O) groups is 2. The summed E-state index contributed by atoms with van der Waals surface area (Å²) in [5.41, 5.74) is 0.696. The number of carbonyl (C=O) groups excluding carboxylic acids is 2. The number of benzene rings is 1. The molecule has 1 aromatic rings. The van der Waals surface area contributed by atoms with Crippen molar-refractivity contribution in [3.8, 4) is 5.75 Å². The minimum atomic E-state index is -0.859. The van der Waals surface area contributed by atoms with Crippen molar-refractivity contribution >= 4 is 17.7 Å². The number of nitro groups is 1. The average Bonchev–Trinajstić information content (AvgIpc) is 2.59. The van der Waals surface area contributed by atoms with Gasteiger partial charge in [0.15, 0.2) is 5.75 Å². The molecular formula is C17H21N3O6. The largest absolute Gasteiger partial charge is 0.487 e. The second-order valence-corrected chi connectivity index (χ2v) is 5.62. The molecule has 0 radical (unpaired) electrons. The van der Waals surface area contributed by atoms with Crippen LogP contribution in [-0.2, 0) is 9.53 Å². The number of rotatable bonds is 7. The van der Waals surface area contributed by atoms with Gasteiger partial charge in [-0.3, -0.25) is 10.1 Å². The first kappa shape index (κ1) is 19.2. The van der Waals surface area contributed by atoms with Crippen LogP contribution in [0.15, 0.2) is 29.5 Å². The molecule has 9 heteroatoms. The van der Waals surface area contributed by atoms with E-state index in [2.05, 4.69) is 10.6 Å². The van der Waals surface area contributed by atoms with Crippen molar-refractivity contribution in [1.29, 1.82) is 0 Å². The van der Waals surface area contributed by atoms with Crippen molar-refractivity contribution in [3.05, 3.63) is 45.1 Å². The van der Waals surface area contributed by atoms with Crippen LogP contribution >= 0.6 is 0 Å². The van der Waals surface area contributed by atoms with Gasteiger partial charge >= 0.3 is 17.7 Å². The number of urea groups is 1. The van der Waals surface area contributed by atoms with Gasteiger partial charge in [-0.2, -0.15) is 0 Å². The lowest BCUT2D eigenvalue weighted by Crippen LogP contribution is -2.45. The molecule has 1 aliphatic heterocycles. The molecule has 0 aliphatic carbocycles. The zero-order chi connectivity index (χ0) is 19.3. The van der Waals surface area contributed by atoms with E-state index in [1.165, 1.54) is 12.1 Å². The minimum absolute atomic E-state index is 0.123. The van der Waals surface area contributed by atoms with Crippen molar-refractivity contribution in [2.24, 2.45) is 0 Å². The molecule has 2 N–H and O–H groups in total. The highest BCUT2D eigenvalue weighted by molar-refractivity contribution is 5.95. The molecular weight excluding hydrogens is 342 g/mol. The van der Waals surface area contributed by atoms with Crippen molar-refractivity contribution in [3.63, 3.8) is 0 Å². The third kappa shape index (κ3) is 4.11. The Kier molecular flexibility index (Phi) is 6.16. The van der Waals surface area contributed by atoms with E-state index in [4.69, 9.17) is 9.47 Å². The van der Waals surface area contributed by atoms with E-state index in [1.807, 2.05) is 6.92 Å². The summed E-state index contributed by atoms with van der Waals surface area (Å²) in [6.07, 6.45) is 0.650. The van der Waals surface area contributed by atoms with Crippen LogP contribution in [0.4, 0.5) is 10.5 Å². The van der Waals surface area contributed by atoms with Crippen LogP contribution < -0.4 is 15.4 Å². The third-order valence-electron chi connectivity index (χ3n) is 3.74. The van der Waals surface area contributed by atoms with Gasteiger partial charge < -0.3 is 20.1 Å². The van der Waals surface area contributed by atoms with E-state index < -0.39 is 23.0 Å². The Labute approximate surface area is 150 Å². The van der Waals surface area contributed by atoms with Gasteiger partial charge in [0.25, 0.3) is 0 Å². The van der Waals surface area contributed by atoms with E-state index in [-0.39, 0.29) is 30.2 Å². The molecule has 1 atom stereocenters. The number of ether oxygens (including phenoxy) is 2. The Morgan fingerprint density at radius 2 is 2.08 bits per heavy atom. The monoisotopic (exact) mass is 363 g/mol. The van der Waals surface area contributed by atoms with Gasteiger partial charge in [0.1, 0.15) is 0 Å². The van der Waals surface area contributed by atoms with E-state index in [9.17, 15) is 19.7 Å². The van der Waals surface area contributed by atoms with Gasteiger partial charge in [0.05, 0.1) is 29.8 Å². The van der Waals surface area contributed by atoms with E-state index in [0.29, 0.717) is 17.7 Å². The van der Waals surface area contributed by atoms with Gasteiger partial charge in [-0.05, 0) is 31.9 Å². The van der Waals surface area contributed by atoms with Crippen LogP contribution in [0.25, 0.3) is 0 Å². The molecule has 0 saturated carbocycles. The van der Waals surface area contributed by atoms with Crippen molar-refractivity contribution < 1.29 is 24.0 Å². The molecule has 1 aromatic carbocycles. The highest BCUT2D eigenvalue weighted by Gasteiger charge is 2.33. The summed E-state index contributed by atoms with van der Waals surface area (Å²) in [4.78, 5) is 35.0. The Balaban J connectivity index is 2.47. The molecule has 1 unspecified atom stereocenters. The second kappa shape index (κ2) is 8.32. The summed E-state index contributed by atoms with van der Waals surface area (Å²) >= 11 is 0. The summed E-state index contributed by atoms with van der Waals surface area (Å²) < 4.78 is 10.4. The first-order valence-corrected chi connectivity index (χ1v) is 8.25. The molecule has 0 fully saturated rings. The lowest BCUT2D eigenvalue weighted by atomic mass is 9.95. The zero-order valence-corrected chi connectivity index (χ0v) is 14.8. The van der Waals surface area contributed by atoms with Crippen molar-refractivity contribution in [1.82, 2.24) is 10.6 Å². The first-order chi connectivity index (χ1) is 12.4. The normalized spacial score (nSPS) is 16.6. The maximum absolute atomic E-state index is 12.4. The quantitative estimate of drug-likeness (QED) is 0.436. The number of amides is 2. The van der Waals surface area contributed by atoms with Crippen molar-refractivity contribution in [2.45, 2.75) is 33.2 Å². The standard InChI is InChI=1S/C17H21N3O6/c1-4-8-26-16(21)14-10(3)18-17(22)19-15(14)11-6-7-13(25-5-2)12(9-11)20(23)24/h6-7,9,15H,4-5,8H2,1-3H3,(H2,18,19,22). The Morgan fingerprint density at radius 1 is 1.35 bits per heavy atom. The molecule has 0 saturated heterocycles. The molecule has 0 aromatic heterocycles. The van der Waals surface area contributed by atoms with Crippen LogP contribution in [0.5, 0.6) is 5.75 Å². The maximum Gasteiger partial charge on any atom is 0.338 e. The molecule has 0 spiro atoms. The topological polar surface area (TPSA) is 120 Å². The van der Waals surface area contributed by atoms with Gasteiger partial charge in [0, 0.05) is 11.8 Å². The second-order valence-electron chi connectivity index (χ2n) is 5.62. The highest BCUT2D eigenvalue weighted by atomic mass is 16.6. The lowest BCUT2D eigenvalue weighted by molar-refractivity contribution is -0.385. The molecule has 2 rings (SSSR count). The third-order valence-corrected chi connectivity index (χ3v) is 3.74. The molecule has 1 aliphatic rings. The molecule has 9 nitrogen and oxygen atoms in total. The van der Waals surface area contributed by atoms with Gasteiger partial charge in [-0.1, -0.05) is 13.0 Å². The molecule has 140 valence electrons. The highest BCUT2D eigenvalue weighted by Crippen LogP contribution is 2.34. The molecule has 2 amide bonds. The van der Waals surface area contributed by atoms with Crippen LogP contribution in [0.3, 0.4) is 0 Å². The number of hydrogen-bond donors (Lipinski definition) is 2. The number of nitro benzene ring substituents is 1. The lowest BCUT2D eigenvalue weighted by Gasteiger charge is -2.28. The Bertz CT molecular complexity index is 759. The summed E-state index contributed by atoms with van der Waals surface area (Å²) in [5, 5.41) is 16.5. The van der Waals surface area contributed by atoms with Gasteiger partial charge in [-0.25, -0.2) is 9.59 Å². The Morgan fingerprint density at radius 3 is 2.69 bits per heavy atom. The molecule has 1 heterocycles. The number of allylic oxidation sites excluding steroid dienone is 1. The number of nitrogens with zero attached hydrogens (tertiary/aromatic N) is 1. The zero-order valence-electron chi connectivity index (χ0n) is 14.8. The maximum atomic E-state index is 12.4. The average molecular weight is 363 g/mol. The van der Waals surface area contributed by atoms with Gasteiger partial charge in [0.2, 0.25) is 0 Å². The predicted octanol–water partition coefficient (Wildman–Crippen LogP) is 2.57. The van der Waals surface area contributed by atoms with Crippen LogP contribution in [0, 0.1) is 10.1 Å². The van der Waals surface area contributed by atoms with Gasteiger partial charge in [-0.15, -0.1) is 0 Å². The van der Waals surface area contributed by atoms with Crippen molar-refractivity contribution in [2.75, 3.05) is 13.2 Å². The first-order valence-electron chi connectivity index (χ1n) is 8.25. The fourth-order valence-corrected chi connectivity index (χ4v) is 2.62. The van der Waals surface area contributed by atoms with Crippen LogP contribution in [-0.4, -0.2) is 30.1 Å². The fourth-order valence-electron chi connectivity index (χ4n) is 2.62. The smallest absolute Gasteiger partial charge is 0.338 e. The molecule has 0 bridgehead atoms. The van der Waals surface area contributed by atoms with Crippen LogP contribution in [0.2, 0.25) is 0 Å². The summed E-state index contributed by atoms with van der Waals surface area (Å²) in [6.45, 7) is 5.68. The SMILES string of the molecule is CCCOC(=O)C1=C(C)NC(=O)NC1c1ccc(OCC)c([N+](=O)[O-])c1. The van der Waals surface area contributed by atoms with E-state index in [1.54, 1.807) is 19.9 Å².